The van der Waals surface area contributed by atoms with Gasteiger partial charge < -0.3 is 15.4 Å². The molecule has 0 bridgehead atoms. The smallest absolute Gasteiger partial charge is 0.264 e. The normalized spacial score (nSPS) is 19.9. The summed E-state index contributed by atoms with van der Waals surface area (Å²) < 4.78 is 60.9. The molecule has 2 fully saturated rings. The van der Waals surface area contributed by atoms with Crippen molar-refractivity contribution >= 4 is 33.0 Å². The zero-order chi connectivity index (χ0) is 22.5. The quantitative estimate of drug-likeness (QED) is 0.628. The molecule has 3 aliphatic rings. The molecular weight excluding hydrogens is 440 g/mol. The fourth-order valence-corrected chi connectivity index (χ4v) is 5.78. The minimum absolute atomic E-state index is 0.0848. The summed E-state index contributed by atoms with van der Waals surface area (Å²) in [6, 6.07) is 5.67. The number of anilines is 3. The maximum Gasteiger partial charge on any atom is 0.264 e. The zero-order valence-electron chi connectivity index (χ0n) is 17.2. The number of carbonyl (C=O) groups is 1. The SMILES string of the molecule is O=C1Nc2c(NC3CCOCC3)cc(NS(=O)(=O)c3ccc(F)cc3F)cc2C12CCC2. The lowest BCUT2D eigenvalue weighted by Crippen LogP contribution is -2.40. The molecular formula is C22H23F2N3O4S. The van der Waals surface area contributed by atoms with E-state index in [1.54, 1.807) is 12.1 Å². The van der Waals surface area contributed by atoms with E-state index in [1.807, 2.05) is 0 Å². The second-order valence-electron chi connectivity index (χ2n) is 8.55. The van der Waals surface area contributed by atoms with Gasteiger partial charge in [-0.2, -0.15) is 0 Å². The molecule has 0 atom stereocenters. The molecule has 1 aliphatic carbocycles. The molecule has 3 N–H and O–H groups in total. The molecule has 7 nitrogen and oxygen atoms in total. The fraction of sp³-hybridized carbons (Fsp3) is 0.409. The number of sulfonamides is 1. The highest BCUT2D eigenvalue weighted by atomic mass is 32.2. The van der Waals surface area contributed by atoms with Crippen LogP contribution in [-0.4, -0.2) is 33.6 Å². The summed E-state index contributed by atoms with van der Waals surface area (Å²) >= 11 is 0. The van der Waals surface area contributed by atoms with Gasteiger partial charge in [0.1, 0.15) is 16.5 Å². The lowest BCUT2D eigenvalue weighted by Gasteiger charge is -2.36. The Bertz CT molecular complexity index is 1190. The van der Waals surface area contributed by atoms with Gasteiger partial charge in [0, 0.05) is 25.3 Å². The van der Waals surface area contributed by atoms with Crippen molar-refractivity contribution in [2.45, 2.75) is 48.5 Å². The minimum Gasteiger partial charge on any atom is -0.381 e. The first-order valence-corrected chi connectivity index (χ1v) is 12.1. The van der Waals surface area contributed by atoms with Crippen LogP contribution in [0.1, 0.15) is 37.7 Å². The van der Waals surface area contributed by atoms with E-state index in [0.717, 1.165) is 37.0 Å². The molecule has 2 aromatic rings. The van der Waals surface area contributed by atoms with Gasteiger partial charge >= 0.3 is 0 Å². The number of fused-ring (bicyclic) bond motifs is 2. The van der Waals surface area contributed by atoms with Crippen molar-refractivity contribution < 1.29 is 26.7 Å². The van der Waals surface area contributed by atoms with E-state index in [0.29, 0.717) is 43.5 Å². The van der Waals surface area contributed by atoms with Crippen LogP contribution in [0.4, 0.5) is 25.8 Å². The molecule has 32 heavy (non-hydrogen) atoms. The highest BCUT2D eigenvalue weighted by molar-refractivity contribution is 7.92. The number of hydrogen-bond donors (Lipinski definition) is 3. The topological polar surface area (TPSA) is 96.5 Å². The minimum atomic E-state index is -4.31. The molecule has 1 saturated carbocycles. The average Bonchev–Trinajstić information content (AvgIpc) is 3.00. The molecule has 5 rings (SSSR count). The number of nitrogens with one attached hydrogen (secondary N) is 3. The Labute approximate surface area is 184 Å². The lowest BCUT2D eigenvalue weighted by atomic mass is 9.65. The second kappa shape index (κ2) is 7.70. The summed E-state index contributed by atoms with van der Waals surface area (Å²) in [7, 11) is -4.31. The fourth-order valence-electron chi connectivity index (χ4n) is 4.67. The first-order chi connectivity index (χ1) is 15.3. The Kier molecular flexibility index (Phi) is 5.09. The van der Waals surface area contributed by atoms with E-state index in [4.69, 9.17) is 4.74 Å². The van der Waals surface area contributed by atoms with Gasteiger partial charge in [0.15, 0.2) is 0 Å². The Morgan fingerprint density at radius 3 is 2.50 bits per heavy atom. The van der Waals surface area contributed by atoms with Crippen LogP contribution in [0.25, 0.3) is 0 Å². The van der Waals surface area contributed by atoms with E-state index in [1.165, 1.54) is 0 Å². The summed E-state index contributed by atoms with van der Waals surface area (Å²) in [4.78, 5) is 12.1. The van der Waals surface area contributed by atoms with Crippen LogP contribution in [0.15, 0.2) is 35.2 Å². The molecule has 1 saturated heterocycles. The van der Waals surface area contributed by atoms with Gasteiger partial charge in [-0.3, -0.25) is 9.52 Å². The Hall–Kier alpha value is -2.72. The largest absolute Gasteiger partial charge is 0.381 e. The molecule has 1 amide bonds. The van der Waals surface area contributed by atoms with E-state index in [-0.39, 0.29) is 17.6 Å². The van der Waals surface area contributed by atoms with Gasteiger partial charge in [-0.15, -0.1) is 0 Å². The summed E-state index contributed by atoms with van der Waals surface area (Å²) in [5.41, 5.74) is 1.57. The van der Waals surface area contributed by atoms with E-state index < -0.39 is 32.0 Å². The molecule has 10 heteroatoms. The van der Waals surface area contributed by atoms with Crippen LogP contribution in [0.3, 0.4) is 0 Å². The Morgan fingerprint density at radius 1 is 1.09 bits per heavy atom. The number of benzene rings is 2. The van der Waals surface area contributed by atoms with Crippen LogP contribution in [-0.2, 0) is 25.0 Å². The monoisotopic (exact) mass is 463 g/mol. The lowest BCUT2D eigenvalue weighted by molar-refractivity contribution is -0.123. The highest BCUT2D eigenvalue weighted by Gasteiger charge is 2.52. The third kappa shape index (κ3) is 3.51. The van der Waals surface area contributed by atoms with Crippen LogP contribution >= 0.6 is 0 Å². The average molecular weight is 464 g/mol. The maximum absolute atomic E-state index is 14.2. The van der Waals surface area contributed by atoms with Crippen molar-refractivity contribution in [1.29, 1.82) is 0 Å². The van der Waals surface area contributed by atoms with Crippen molar-refractivity contribution in [3.8, 4) is 0 Å². The first kappa shape index (κ1) is 21.1. The molecule has 2 heterocycles. The number of halogens is 2. The molecule has 0 radical (unpaired) electrons. The van der Waals surface area contributed by atoms with E-state index >= 15 is 0 Å². The molecule has 2 aromatic carbocycles. The van der Waals surface area contributed by atoms with Gasteiger partial charge in [-0.25, -0.2) is 17.2 Å². The number of hydrogen-bond acceptors (Lipinski definition) is 5. The molecule has 170 valence electrons. The van der Waals surface area contributed by atoms with Crippen molar-refractivity contribution in [2.75, 3.05) is 28.6 Å². The summed E-state index contributed by atoms with van der Waals surface area (Å²) in [5, 5.41) is 6.39. The highest BCUT2D eigenvalue weighted by Crippen LogP contribution is 2.54. The van der Waals surface area contributed by atoms with Gasteiger partial charge in [0.05, 0.1) is 22.5 Å². The van der Waals surface area contributed by atoms with Gasteiger partial charge in [-0.1, -0.05) is 6.42 Å². The third-order valence-corrected chi connectivity index (χ3v) is 7.97. The van der Waals surface area contributed by atoms with Crippen molar-refractivity contribution in [3.05, 3.63) is 47.5 Å². The zero-order valence-corrected chi connectivity index (χ0v) is 18.0. The van der Waals surface area contributed by atoms with Gasteiger partial charge in [-0.05, 0) is 55.5 Å². The molecule has 2 aliphatic heterocycles. The number of carbonyl (C=O) groups excluding carboxylic acids is 1. The second-order valence-corrected chi connectivity index (χ2v) is 10.2. The summed E-state index contributed by atoms with van der Waals surface area (Å²) in [6.07, 6.45) is 3.85. The predicted molar refractivity (Wildman–Crippen MR) is 115 cm³/mol. The third-order valence-electron chi connectivity index (χ3n) is 6.55. The Morgan fingerprint density at radius 2 is 1.84 bits per heavy atom. The van der Waals surface area contributed by atoms with Crippen LogP contribution in [0.2, 0.25) is 0 Å². The standard InChI is InChI=1S/C22H23F2N3O4S/c23-13-2-3-19(17(24)10-13)32(29,30)27-15-11-16-20(26-21(28)22(16)6-1-7-22)18(12-15)25-14-4-8-31-9-5-14/h2-3,10-12,14,25,27H,1,4-9H2,(H,26,28). The van der Waals surface area contributed by atoms with Crippen LogP contribution in [0.5, 0.6) is 0 Å². The Balaban J connectivity index is 1.54. The van der Waals surface area contributed by atoms with Crippen molar-refractivity contribution in [2.24, 2.45) is 0 Å². The first-order valence-electron chi connectivity index (χ1n) is 10.6. The molecule has 0 unspecified atom stereocenters. The van der Waals surface area contributed by atoms with Gasteiger partial charge in [0.2, 0.25) is 5.91 Å². The van der Waals surface area contributed by atoms with E-state index in [2.05, 4.69) is 15.4 Å². The summed E-state index contributed by atoms with van der Waals surface area (Å²) in [5.74, 6) is -2.12. The van der Waals surface area contributed by atoms with Crippen molar-refractivity contribution in [3.63, 3.8) is 0 Å². The number of ether oxygens (including phenoxy) is 1. The van der Waals surface area contributed by atoms with E-state index in [9.17, 15) is 22.0 Å². The maximum atomic E-state index is 14.2. The van der Waals surface area contributed by atoms with Crippen molar-refractivity contribution in [1.82, 2.24) is 0 Å². The van der Waals surface area contributed by atoms with Gasteiger partial charge in [0.25, 0.3) is 10.0 Å². The number of rotatable bonds is 5. The summed E-state index contributed by atoms with van der Waals surface area (Å²) in [6.45, 7) is 1.23. The van der Waals surface area contributed by atoms with Crippen LogP contribution in [0, 0.1) is 11.6 Å². The predicted octanol–water partition coefficient (Wildman–Crippen LogP) is 3.73. The number of amides is 1. The van der Waals surface area contributed by atoms with Crippen LogP contribution < -0.4 is 15.4 Å². The molecule has 0 aromatic heterocycles. The molecule has 1 spiro atoms.